The molecule has 0 bridgehead atoms. The molecule has 2 rings (SSSR count). The molecule has 0 radical (unpaired) electrons. The average molecular weight is 342 g/mol. The molecule has 0 atom stereocenters. The van der Waals surface area contributed by atoms with Gasteiger partial charge in [-0.3, -0.25) is 0 Å². The molecular weight excluding hydrogens is 337 g/mol. The topological polar surface area (TPSA) is 20.2 Å². The van der Waals surface area contributed by atoms with Crippen molar-refractivity contribution in [1.29, 1.82) is 0 Å². The Morgan fingerprint density at radius 2 is 1.28 bits per heavy atom. The number of halogens is 5. The summed E-state index contributed by atoms with van der Waals surface area (Å²) in [5.41, 5.74) is 0.884. The molecule has 0 saturated heterocycles. The molecule has 2 aromatic rings. The highest BCUT2D eigenvalue weighted by Crippen LogP contribution is 2.47. The predicted octanol–water partition coefficient (Wildman–Crippen LogP) is 6.33. The van der Waals surface area contributed by atoms with Crippen LogP contribution in [0.2, 0.25) is 25.1 Å². The first-order chi connectivity index (χ1) is 8.43. The summed E-state index contributed by atoms with van der Waals surface area (Å²) in [5.74, 6) is -0.196. The van der Waals surface area contributed by atoms with Gasteiger partial charge in [0.25, 0.3) is 0 Å². The molecule has 0 aromatic heterocycles. The van der Waals surface area contributed by atoms with E-state index >= 15 is 0 Å². The number of aromatic hydroxyl groups is 1. The van der Waals surface area contributed by atoms with E-state index in [-0.39, 0.29) is 20.8 Å². The Balaban J connectivity index is 2.84. The molecule has 0 aliphatic rings. The van der Waals surface area contributed by atoms with Crippen molar-refractivity contribution < 1.29 is 5.11 Å². The van der Waals surface area contributed by atoms with Crippen LogP contribution in [0.25, 0.3) is 11.1 Å². The molecule has 0 saturated carbocycles. The van der Waals surface area contributed by atoms with Gasteiger partial charge in [0.2, 0.25) is 0 Å². The Morgan fingerprint density at radius 3 is 1.83 bits per heavy atom. The Hall–Kier alpha value is -0.310. The van der Waals surface area contributed by atoms with Crippen LogP contribution in [0, 0.1) is 0 Å². The van der Waals surface area contributed by atoms with E-state index in [0.29, 0.717) is 21.2 Å². The number of rotatable bonds is 1. The van der Waals surface area contributed by atoms with Crippen molar-refractivity contribution >= 4 is 58.0 Å². The highest BCUT2D eigenvalue weighted by atomic mass is 35.5. The van der Waals surface area contributed by atoms with Crippen molar-refractivity contribution in [3.05, 3.63) is 49.4 Å². The van der Waals surface area contributed by atoms with Gasteiger partial charge in [0.1, 0.15) is 10.8 Å². The molecular formula is C12H5Cl5O. The fourth-order valence-corrected chi connectivity index (χ4v) is 2.92. The second kappa shape index (κ2) is 5.36. The highest BCUT2D eigenvalue weighted by Gasteiger charge is 2.19. The quantitative estimate of drug-likeness (QED) is 0.601. The van der Waals surface area contributed by atoms with Crippen LogP contribution in [0.3, 0.4) is 0 Å². The molecule has 6 heteroatoms. The number of phenolic OH excluding ortho intramolecular Hbond substituents is 1. The molecule has 18 heavy (non-hydrogen) atoms. The molecule has 1 N–H and O–H groups in total. The van der Waals surface area contributed by atoms with Gasteiger partial charge in [0.15, 0.2) is 0 Å². The maximum absolute atomic E-state index is 9.52. The van der Waals surface area contributed by atoms with E-state index in [2.05, 4.69) is 0 Å². The van der Waals surface area contributed by atoms with Crippen LogP contribution in [0.4, 0.5) is 0 Å². The van der Waals surface area contributed by atoms with E-state index in [0.717, 1.165) is 0 Å². The molecule has 0 aliphatic heterocycles. The van der Waals surface area contributed by atoms with Gasteiger partial charge in [-0.15, -0.1) is 0 Å². The zero-order valence-corrected chi connectivity index (χ0v) is 12.4. The molecule has 0 aliphatic carbocycles. The van der Waals surface area contributed by atoms with Crippen LogP contribution in [-0.4, -0.2) is 5.11 Å². The van der Waals surface area contributed by atoms with Crippen LogP contribution in [0.1, 0.15) is 0 Å². The highest BCUT2D eigenvalue weighted by molar-refractivity contribution is 6.48. The van der Waals surface area contributed by atoms with Gasteiger partial charge in [-0.2, -0.15) is 0 Å². The molecule has 0 unspecified atom stereocenters. The summed E-state index contributed by atoms with van der Waals surface area (Å²) in [5, 5.41) is 10.7. The molecule has 0 spiro atoms. The minimum absolute atomic E-state index is 0.00653. The first-order valence-electron chi connectivity index (χ1n) is 4.74. The van der Waals surface area contributed by atoms with Crippen LogP contribution >= 0.6 is 58.0 Å². The van der Waals surface area contributed by atoms with Crippen LogP contribution in [-0.2, 0) is 0 Å². The summed E-state index contributed by atoms with van der Waals surface area (Å²) in [4.78, 5) is 0. The lowest BCUT2D eigenvalue weighted by atomic mass is 10.0. The van der Waals surface area contributed by atoms with Gasteiger partial charge in [0.05, 0.1) is 10.0 Å². The van der Waals surface area contributed by atoms with Gasteiger partial charge in [-0.25, -0.2) is 0 Å². The van der Waals surface area contributed by atoms with Crippen molar-refractivity contribution in [2.24, 2.45) is 0 Å². The SMILES string of the molecule is Oc1cc(Cl)c(-c2c(Cl)cccc2Cl)c(Cl)c1Cl. The Morgan fingerprint density at radius 1 is 0.722 bits per heavy atom. The van der Waals surface area contributed by atoms with E-state index < -0.39 is 0 Å². The fourth-order valence-electron chi connectivity index (χ4n) is 1.55. The van der Waals surface area contributed by atoms with Crippen molar-refractivity contribution in [3.63, 3.8) is 0 Å². The maximum atomic E-state index is 9.52. The van der Waals surface area contributed by atoms with Crippen molar-refractivity contribution in [1.82, 2.24) is 0 Å². The summed E-state index contributed by atoms with van der Waals surface area (Å²) in [7, 11) is 0. The van der Waals surface area contributed by atoms with Gasteiger partial charge in [0, 0.05) is 27.2 Å². The third kappa shape index (κ3) is 2.38. The minimum atomic E-state index is -0.196. The lowest BCUT2D eigenvalue weighted by Crippen LogP contribution is -1.87. The number of benzene rings is 2. The zero-order chi connectivity index (χ0) is 13.4. The van der Waals surface area contributed by atoms with E-state index in [1.54, 1.807) is 18.2 Å². The largest absolute Gasteiger partial charge is 0.506 e. The predicted molar refractivity (Wildman–Crippen MR) is 78.6 cm³/mol. The van der Waals surface area contributed by atoms with E-state index in [4.69, 9.17) is 58.0 Å². The first kappa shape index (κ1) is 14.1. The molecule has 2 aromatic carbocycles. The lowest BCUT2D eigenvalue weighted by Gasteiger charge is -2.13. The average Bonchev–Trinajstić information content (AvgIpc) is 2.30. The monoisotopic (exact) mass is 340 g/mol. The Bertz CT molecular complexity index is 604. The molecule has 0 heterocycles. The molecule has 0 amide bonds. The number of hydrogen-bond donors (Lipinski definition) is 1. The van der Waals surface area contributed by atoms with Crippen molar-refractivity contribution in [3.8, 4) is 16.9 Å². The Kier molecular flexibility index (Phi) is 4.20. The summed E-state index contributed by atoms with van der Waals surface area (Å²) in [6, 6.07) is 6.33. The fraction of sp³-hybridized carbons (Fsp3) is 0. The summed E-state index contributed by atoms with van der Waals surface area (Å²) in [6.07, 6.45) is 0. The molecule has 1 nitrogen and oxygen atoms in total. The van der Waals surface area contributed by atoms with Crippen molar-refractivity contribution in [2.75, 3.05) is 0 Å². The Labute approximate surface area is 129 Å². The first-order valence-corrected chi connectivity index (χ1v) is 6.63. The van der Waals surface area contributed by atoms with Gasteiger partial charge < -0.3 is 5.11 Å². The third-order valence-corrected chi connectivity index (χ3v) is 4.14. The van der Waals surface area contributed by atoms with Gasteiger partial charge >= 0.3 is 0 Å². The molecule has 94 valence electrons. The van der Waals surface area contributed by atoms with Gasteiger partial charge in [-0.1, -0.05) is 64.1 Å². The summed E-state index contributed by atoms with van der Waals surface area (Å²) in [6.45, 7) is 0. The van der Waals surface area contributed by atoms with Crippen LogP contribution in [0.15, 0.2) is 24.3 Å². The van der Waals surface area contributed by atoms with Crippen molar-refractivity contribution in [2.45, 2.75) is 0 Å². The number of hydrogen-bond acceptors (Lipinski definition) is 1. The van der Waals surface area contributed by atoms with Crippen LogP contribution < -0.4 is 0 Å². The number of phenols is 1. The standard InChI is InChI=1S/C12H5Cl5O/c13-5-2-1-3-6(14)9(5)10-7(15)4-8(18)11(16)12(10)17/h1-4,18H. The van der Waals surface area contributed by atoms with E-state index in [1.165, 1.54) is 6.07 Å². The van der Waals surface area contributed by atoms with E-state index in [1.807, 2.05) is 0 Å². The second-order valence-corrected chi connectivity index (χ2v) is 5.45. The lowest BCUT2D eigenvalue weighted by molar-refractivity contribution is 0.476. The van der Waals surface area contributed by atoms with E-state index in [9.17, 15) is 5.11 Å². The normalized spacial score (nSPS) is 10.7. The zero-order valence-electron chi connectivity index (χ0n) is 8.65. The summed E-state index contributed by atoms with van der Waals surface area (Å²) < 4.78 is 0. The van der Waals surface area contributed by atoms with Crippen LogP contribution in [0.5, 0.6) is 5.75 Å². The smallest absolute Gasteiger partial charge is 0.137 e. The molecule has 0 fully saturated rings. The van der Waals surface area contributed by atoms with Gasteiger partial charge in [-0.05, 0) is 12.1 Å². The maximum Gasteiger partial charge on any atom is 0.137 e. The summed E-state index contributed by atoms with van der Waals surface area (Å²) >= 11 is 30.2. The third-order valence-electron chi connectivity index (χ3n) is 2.35. The second-order valence-electron chi connectivity index (χ2n) is 3.48. The minimum Gasteiger partial charge on any atom is -0.506 e.